The summed E-state index contributed by atoms with van der Waals surface area (Å²) in [5.41, 5.74) is -11.2. The highest BCUT2D eigenvalue weighted by molar-refractivity contribution is 5.31. The van der Waals surface area contributed by atoms with E-state index in [4.69, 9.17) is 0 Å². The monoisotopic (exact) mass is 368 g/mol. The lowest BCUT2D eigenvalue weighted by Crippen LogP contribution is -2.63. The van der Waals surface area contributed by atoms with Crippen LogP contribution in [0.3, 0.4) is 0 Å². The average Bonchev–Trinajstić information content (AvgIpc) is 2.32. The van der Waals surface area contributed by atoms with Gasteiger partial charge in [0, 0.05) is 6.07 Å². The van der Waals surface area contributed by atoms with Crippen molar-refractivity contribution in [2.75, 3.05) is 0 Å². The summed E-state index contributed by atoms with van der Waals surface area (Å²) < 4.78 is 165. The predicted octanol–water partition coefficient (Wildman–Crippen LogP) is 5.17. The van der Waals surface area contributed by atoms with E-state index >= 15 is 0 Å². The van der Waals surface area contributed by atoms with Crippen LogP contribution in [0.2, 0.25) is 0 Å². The van der Waals surface area contributed by atoms with E-state index in [0.717, 1.165) is 0 Å². The lowest BCUT2D eigenvalue weighted by atomic mass is 9.89. The van der Waals surface area contributed by atoms with Gasteiger partial charge in [0.05, 0.1) is 0 Å². The summed E-state index contributed by atoms with van der Waals surface area (Å²) in [6, 6.07) is -0.759. The smallest absolute Gasteiger partial charge is 0.216 e. The van der Waals surface area contributed by atoms with Crippen LogP contribution in [0.25, 0.3) is 0 Å². The normalized spacial score (nSPS) is 14.3. The number of hydrogen-bond donors (Lipinski definition) is 0. The van der Waals surface area contributed by atoms with Crippen molar-refractivity contribution < 1.29 is 57.1 Å². The van der Waals surface area contributed by atoms with Gasteiger partial charge in [0.1, 0.15) is 5.56 Å². The summed E-state index contributed by atoms with van der Waals surface area (Å²) in [5, 5.41) is 0. The van der Waals surface area contributed by atoms with Crippen molar-refractivity contribution >= 4 is 0 Å². The van der Waals surface area contributed by atoms with Crippen molar-refractivity contribution in [1.29, 1.82) is 0 Å². The fraction of sp³-hybridized carbons (Fsp3) is 0.400. The van der Waals surface area contributed by atoms with Crippen LogP contribution < -0.4 is 0 Å². The maximum absolute atomic E-state index is 13.4. The van der Waals surface area contributed by atoms with Gasteiger partial charge >= 0.3 is 23.9 Å². The van der Waals surface area contributed by atoms with Crippen LogP contribution >= 0.6 is 0 Å². The van der Waals surface area contributed by atoms with Crippen molar-refractivity contribution in [1.82, 2.24) is 0 Å². The summed E-state index contributed by atoms with van der Waals surface area (Å²) in [4.78, 5) is 0. The first-order valence-electron chi connectivity index (χ1n) is 5.03. The highest BCUT2D eigenvalue weighted by Gasteiger charge is 2.85. The zero-order chi connectivity index (χ0) is 18.6. The number of halogens is 13. The highest BCUT2D eigenvalue weighted by atomic mass is 19.4. The second kappa shape index (κ2) is 5.16. The van der Waals surface area contributed by atoms with Gasteiger partial charge in [-0.3, -0.25) is 0 Å². The molecule has 13 heteroatoms. The summed E-state index contributed by atoms with van der Waals surface area (Å²) in [6.07, 6.45) is -14.8. The van der Waals surface area contributed by atoms with Gasteiger partial charge in [-0.25, -0.2) is 22.0 Å². The number of hydrogen-bond acceptors (Lipinski definition) is 0. The molecular formula is C10HF13. The summed E-state index contributed by atoms with van der Waals surface area (Å²) >= 11 is 0. The minimum Gasteiger partial charge on any atom is -0.216 e. The second-order valence-corrected chi connectivity index (χ2v) is 4.07. The van der Waals surface area contributed by atoms with Crippen molar-refractivity contribution in [3.63, 3.8) is 0 Å². The first kappa shape index (κ1) is 19.4. The quantitative estimate of drug-likeness (QED) is 0.499. The van der Waals surface area contributed by atoms with Crippen LogP contribution in [-0.4, -0.2) is 18.0 Å². The predicted molar refractivity (Wildman–Crippen MR) is 46.1 cm³/mol. The Hall–Kier alpha value is -1.69. The van der Waals surface area contributed by atoms with Crippen molar-refractivity contribution in [2.24, 2.45) is 0 Å². The molecule has 23 heavy (non-hydrogen) atoms. The van der Waals surface area contributed by atoms with Gasteiger partial charge in [-0.1, -0.05) is 0 Å². The van der Waals surface area contributed by atoms with Gasteiger partial charge in [0.25, 0.3) is 0 Å². The first-order chi connectivity index (χ1) is 10.00. The van der Waals surface area contributed by atoms with Gasteiger partial charge in [0.2, 0.25) is 0 Å². The molecule has 0 unspecified atom stereocenters. The third-order valence-corrected chi connectivity index (χ3v) is 2.64. The lowest BCUT2D eigenvalue weighted by molar-refractivity contribution is -0.401. The molecule has 0 amide bonds. The lowest BCUT2D eigenvalue weighted by Gasteiger charge is -2.36. The van der Waals surface area contributed by atoms with Gasteiger partial charge in [0.15, 0.2) is 23.3 Å². The third-order valence-electron chi connectivity index (χ3n) is 2.64. The van der Waals surface area contributed by atoms with E-state index in [9.17, 15) is 57.1 Å². The molecule has 1 rings (SSSR count). The largest absolute Gasteiger partial charge is 0.438 e. The van der Waals surface area contributed by atoms with Crippen molar-refractivity contribution in [3.8, 4) is 0 Å². The molecule has 0 N–H and O–H groups in total. The topological polar surface area (TPSA) is 0 Å². The number of rotatable bonds is 2. The first-order valence-corrected chi connectivity index (χ1v) is 5.03. The Bertz CT molecular complexity index is 568. The molecule has 0 radical (unpaired) electrons. The molecule has 132 valence electrons. The van der Waals surface area contributed by atoms with Crippen LogP contribution in [-0.2, 0) is 5.92 Å². The van der Waals surface area contributed by atoms with Crippen LogP contribution in [0.1, 0.15) is 5.56 Å². The molecular weight excluding hydrogens is 367 g/mol. The summed E-state index contributed by atoms with van der Waals surface area (Å²) in [7, 11) is 0. The van der Waals surface area contributed by atoms with Crippen LogP contribution in [0.5, 0.6) is 0 Å². The van der Waals surface area contributed by atoms with Crippen molar-refractivity contribution in [2.45, 2.75) is 23.9 Å². The van der Waals surface area contributed by atoms with E-state index in [1.165, 1.54) is 0 Å². The molecule has 0 saturated carbocycles. The van der Waals surface area contributed by atoms with Gasteiger partial charge in [-0.15, -0.1) is 0 Å². The van der Waals surface area contributed by atoms with Crippen LogP contribution in [0.15, 0.2) is 6.07 Å². The van der Waals surface area contributed by atoms with Gasteiger partial charge < -0.3 is 0 Å². The molecule has 0 aliphatic rings. The SMILES string of the molecule is Fc1cc(F)c(F)c(C(F)(F)C(F)(C(F)(F)F)C(F)(F)F)c1F. The Morgan fingerprint density at radius 3 is 1.13 bits per heavy atom. The Labute approximate surface area is 117 Å². The van der Waals surface area contributed by atoms with Crippen LogP contribution in [0.4, 0.5) is 57.1 Å². The molecule has 0 nitrogen and oxygen atoms in total. The Morgan fingerprint density at radius 1 is 0.565 bits per heavy atom. The zero-order valence-corrected chi connectivity index (χ0v) is 9.99. The van der Waals surface area contributed by atoms with E-state index in [1.807, 2.05) is 0 Å². The van der Waals surface area contributed by atoms with E-state index < -0.39 is 58.8 Å². The van der Waals surface area contributed by atoms with Crippen LogP contribution in [0, 0.1) is 23.3 Å². The number of benzene rings is 1. The Kier molecular flexibility index (Phi) is 4.34. The van der Waals surface area contributed by atoms with Gasteiger partial charge in [-0.05, 0) is 0 Å². The Morgan fingerprint density at radius 2 is 0.870 bits per heavy atom. The van der Waals surface area contributed by atoms with Gasteiger partial charge in [-0.2, -0.15) is 35.1 Å². The van der Waals surface area contributed by atoms with E-state index in [0.29, 0.717) is 0 Å². The second-order valence-electron chi connectivity index (χ2n) is 4.07. The molecule has 0 atom stereocenters. The standard InChI is InChI=1S/C10HF13/c11-2-1-3(12)6(14)4(5(2)13)7(15,16)8(17,9(18,19)20)10(21,22)23/h1H. The average molecular weight is 368 g/mol. The summed E-state index contributed by atoms with van der Waals surface area (Å²) in [6.45, 7) is 0. The molecule has 0 heterocycles. The fourth-order valence-electron chi connectivity index (χ4n) is 1.54. The molecule has 0 saturated heterocycles. The molecule has 0 aliphatic carbocycles. The molecule has 0 aliphatic heterocycles. The maximum Gasteiger partial charge on any atom is 0.438 e. The highest BCUT2D eigenvalue weighted by Crippen LogP contribution is 2.59. The maximum atomic E-state index is 13.4. The van der Waals surface area contributed by atoms with Crippen molar-refractivity contribution in [3.05, 3.63) is 34.9 Å². The molecule has 0 aromatic heterocycles. The summed E-state index contributed by atoms with van der Waals surface area (Å²) in [5.74, 6) is -19.2. The molecule has 0 bridgehead atoms. The van der Waals surface area contributed by atoms with E-state index in [-0.39, 0.29) is 0 Å². The fourth-order valence-corrected chi connectivity index (χ4v) is 1.54. The zero-order valence-electron chi connectivity index (χ0n) is 9.99. The molecule has 1 aromatic rings. The third kappa shape index (κ3) is 2.59. The van der Waals surface area contributed by atoms with E-state index in [1.54, 1.807) is 0 Å². The molecule has 0 fully saturated rings. The minimum absolute atomic E-state index is 0.759. The van der Waals surface area contributed by atoms with E-state index in [2.05, 4.69) is 0 Å². The number of alkyl halides is 9. The minimum atomic E-state index is -7.51. The molecule has 0 spiro atoms. The molecule has 1 aromatic carbocycles. The Balaban J connectivity index is 3.90.